The number of benzene rings is 2. The zero-order chi connectivity index (χ0) is 23.2. The van der Waals surface area contributed by atoms with Gasteiger partial charge >= 0.3 is 39.3 Å². The molecule has 1 heterocycles. The summed E-state index contributed by atoms with van der Waals surface area (Å²) in [5.41, 5.74) is 3.14. The fraction of sp³-hybridized carbons (Fsp3) is 0.136. The van der Waals surface area contributed by atoms with E-state index in [1.807, 2.05) is 42.6 Å². The molecule has 1 aromatic heterocycles. The van der Waals surface area contributed by atoms with Gasteiger partial charge in [-0.3, -0.25) is 9.98 Å². The first kappa shape index (κ1) is 26.2. The van der Waals surface area contributed by atoms with E-state index in [0.29, 0.717) is 12.2 Å². The number of nitrogens with zero attached hydrogens (tertiary/aromatic N) is 2. The molecule has 0 bridgehead atoms. The van der Waals surface area contributed by atoms with Crippen LogP contribution in [-0.4, -0.2) is 32.6 Å². The number of rotatable bonds is 8. The van der Waals surface area contributed by atoms with Crippen LogP contribution in [0.25, 0.3) is 0 Å². The van der Waals surface area contributed by atoms with Crippen molar-refractivity contribution in [3.05, 3.63) is 81.5 Å². The number of hydrogen-bond acceptors (Lipinski definition) is 7. The molecule has 0 aliphatic heterocycles. The van der Waals surface area contributed by atoms with Gasteiger partial charge in [-0.05, 0) is 54.1 Å². The third-order valence-corrected chi connectivity index (χ3v) is 4.85. The summed E-state index contributed by atoms with van der Waals surface area (Å²) < 4.78 is 4.69. The summed E-state index contributed by atoms with van der Waals surface area (Å²) >= 11 is 1.78. The van der Waals surface area contributed by atoms with Crippen molar-refractivity contribution in [2.45, 2.75) is 6.61 Å². The molecule has 3 aromatic rings. The predicted octanol–water partition coefficient (Wildman–Crippen LogP) is 6.49. The molecule has 0 radical (unpaired) electrons. The molecule has 0 unspecified atom stereocenters. The second-order valence-electron chi connectivity index (χ2n) is 5.94. The van der Waals surface area contributed by atoms with E-state index in [-0.39, 0.29) is 19.1 Å². The summed E-state index contributed by atoms with van der Waals surface area (Å²) in [6, 6.07) is 18.7. The van der Waals surface area contributed by atoms with Crippen molar-refractivity contribution in [2.75, 3.05) is 14.2 Å². The van der Waals surface area contributed by atoms with E-state index in [4.69, 9.17) is 25.1 Å². The summed E-state index contributed by atoms with van der Waals surface area (Å²) in [7, 11) is 12.4. The first-order valence-corrected chi connectivity index (χ1v) is 12.9. The molecule has 0 fully saturated rings. The number of carbonyl (C=O) groups is 1. The van der Waals surface area contributed by atoms with Crippen LogP contribution in [0.3, 0.4) is 0 Å². The average molecular weight is 535 g/mol. The van der Waals surface area contributed by atoms with Crippen LogP contribution in [0.4, 0.5) is 11.4 Å². The van der Waals surface area contributed by atoms with E-state index in [0.717, 1.165) is 26.7 Å². The second-order valence-corrected chi connectivity index (χ2v) is 8.91. The Bertz CT molecular complexity index is 1030. The number of aliphatic imine (C=N–C) groups is 2. The molecular formula is C22H20Cl2FeN2O4S. The van der Waals surface area contributed by atoms with Gasteiger partial charge in [0.05, 0.1) is 31.2 Å². The van der Waals surface area contributed by atoms with Crippen molar-refractivity contribution in [3.8, 4) is 0 Å². The summed E-state index contributed by atoms with van der Waals surface area (Å²) in [5.74, 6) is -0.360. The van der Waals surface area contributed by atoms with Gasteiger partial charge in [-0.15, -0.1) is 11.3 Å². The molecule has 0 aliphatic rings. The van der Waals surface area contributed by atoms with Gasteiger partial charge in [-0.25, -0.2) is 14.6 Å². The average Bonchev–Trinajstić information content (AvgIpc) is 3.29. The minimum absolute atomic E-state index is 0.194. The van der Waals surface area contributed by atoms with Gasteiger partial charge in [0.25, 0.3) is 0 Å². The molecule has 6 nitrogen and oxygen atoms in total. The number of methoxy groups -OCH3 is 1. The molecular weight excluding hydrogens is 515 g/mol. The molecule has 0 aliphatic carbocycles. The van der Waals surface area contributed by atoms with Crippen LogP contribution >= 0.6 is 31.5 Å². The Kier molecular flexibility index (Phi) is 12.2. The third kappa shape index (κ3) is 9.22. The topological polar surface area (TPSA) is 69.5 Å². The normalized spacial score (nSPS) is 11.0. The molecule has 0 amide bonds. The van der Waals surface area contributed by atoms with E-state index < -0.39 is 0 Å². The van der Waals surface area contributed by atoms with Crippen molar-refractivity contribution in [1.82, 2.24) is 0 Å². The van der Waals surface area contributed by atoms with Gasteiger partial charge in [0.15, 0.2) is 0 Å². The summed E-state index contributed by atoms with van der Waals surface area (Å²) in [5, 5.41) is 0. The molecule has 10 heteroatoms. The van der Waals surface area contributed by atoms with Crippen molar-refractivity contribution >= 4 is 61.3 Å². The molecule has 0 N–H and O–H groups in total. The molecule has 170 valence electrons. The van der Waals surface area contributed by atoms with Crippen molar-refractivity contribution in [3.63, 3.8) is 0 Å². The van der Waals surface area contributed by atoms with Crippen molar-refractivity contribution in [1.29, 1.82) is 0 Å². The monoisotopic (exact) mass is 534 g/mol. The van der Waals surface area contributed by atoms with Crippen LogP contribution in [0, 0.1) is 0 Å². The molecule has 2 aromatic carbocycles. The van der Waals surface area contributed by atoms with E-state index in [1.165, 1.54) is 14.2 Å². The van der Waals surface area contributed by atoms with E-state index >= 15 is 0 Å². The number of esters is 1. The predicted molar refractivity (Wildman–Crippen MR) is 127 cm³/mol. The Morgan fingerprint density at radius 3 is 1.88 bits per heavy atom. The van der Waals surface area contributed by atoms with E-state index in [1.54, 1.807) is 41.8 Å². The summed E-state index contributed by atoms with van der Waals surface area (Å²) in [6.07, 6.45) is 3.62. The fourth-order valence-corrected chi connectivity index (χ4v) is 3.15. The van der Waals surface area contributed by atoms with E-state index in [9.17, 15) is 4.79 Å². The molecule has 0 atom stereocenters. The van der Waals surface area contributed by atoms with Gasteiger partial charge in [-0.2, -0.15) is 0 Å². The fourth-order valence-electron chi connectivity index (χ4n) is 2.39. The van der Waals surface area contributed by atoms with Crippen molar-refractivity contribution < 1.29 is 32.4 Å². The minimum atomic E-state index is -0.360. The Morgan fingerprint density at radius 1 is 0.906 bits per heavy atom. The van der Waals surface area contributed by atoms with Crippen LogP contribution < -0.4 is 0 Å². The van der Waals surface area contributed by atoms with Gasteiger partial charge in [0.2, 0.25) is 0 Å². The van der Waals surface area contributed by atoms with Crippen molar-refractivity contribution in [2.24, 2.45) is 9.98 Å². The van der Waals surface area contributed by atoms with Gasteiger partial charge in [0, 0.05) is 22.2 Å². The van der Waals surface area contributed by atoms with Crippen LogP contribution in [0.5, 0.6) is 0 Å². The molecule has 3 rings (SSSR count). The van der Waals surface area contributed by atoms with Gasteiger partial charge < -0.3 is 4.74 Å². The Hall–Kier alpha value is -2.03. The van der Waals surface area contributed by atoms with E-state index in [2.05, 4.69) is 19.6 Å². The summed E-state index contributed by atoms with van der Waals surface area (Å²) in [6.45, 7) is 0.402. The molecule has 0 saturated carbocycles. The zero-order valence-corrected chi connectivity index (χ0v) is 20.6. The Labute approximate surface area is 205 Å². The summed E-state index contributed by atoms with van der Waals surface area (Å²) in [4.78, 5) is 31.9. The standard InChI is InChI=1S/C22H20N2O4S.2ClH.Fe/c1-26-22(25)17-5-9-19(10-6-17)24-14-21-12-11-20(29-21)13-23-18-7-3-16(4-8-18)15-28-27-2;;;/h3-14H,15H2,1-2H3;2*1H;/q;;;+2/p-2. The maximum absolute atomic E-state index is 11.4. The third-order valence-electron chi connectivity index (χ3n) is 3.90. The number of halogens is 2. The number of carbonyl (C=O) groups excluding carboxylic acids is 1. The Balaban J connectivity index is 0.00000114. The SMILES string of the molecule is COOCc1ccc(N=Cc2ccc(C=Nc3ccc(C(=O)OC)cc3)s2)cc1.[Cl][Fe][Cl]. The number of hydrogen-bond donors (Lipinski definition) is 0. The molecule has 0 saturated heterocycles. The first-order chi connectivity index (χ1) is 15.6. The first-order valence-electron chi connectivity index (χ1n) is 9.05. The number of ether oxygens (including phenoxy) is 1. The van der Waals surface area contributed by atoms with Crippen LogP contribution in [0.15, 0.2) is 70.6 Å². The molecule has 0 spiro atoms. The van der Waals surface area contributed by atoms with Gasteiger partial charge in [-0.1, -0.05) is 12.1 Å². The molecule has 32 heavy (non-hydrogen) atoms. The number of thiophene rings is 1. The zero-order valence-electron chi connectivity index (χ0n) is 17.2. The Morgan fingerprint density at radius 2 is 1.41 bits per heavy atom. The van der Waals surface area contributed by atoms with Crippen LogP contribution in [0.1, 0.15) is 25.7 Å². The van der Waals surface area contributed by atoms with Crippen LogP contribution in [0.2, 0.25) is 0 Å². The maximum atomic E-state index is 11.4. The second kappa shape index (κ2) is 14.9. The van der Waals surface area contributed by atoms with Gasteiger partial charge in [0.1, 0.15) is 6.61 Å². The quantitative estimate of drug-likeness (QED) is 0.109. The van der Waals surface area contributed by atoms with Crippen LogP contribution in [-0.2, 0) is 34.3 Å².